The van der Waals surface area contributed by atoms with Crippen LogP contribution in [-0.2, 0) is 9.53 Å². The normalized spacial score (nSPS) is 12.1. The summed E-state index contributed by atoms with van der Waals surface area (Å²) in [6, 6.07) is 4.96. The molecule has 24 heavy (non-hydrogen) atoms. The zero-order valence-corrected chi connectivity index (χ0v) is 14.4. The predicted molar refractivity (Wildman–Crippen MR) is 89.8 cm³/mol. The summed E-state index contributed by atoms with van der Waals surface area (Å²) in [5.74, 6) is -0.644. The molecule has 1 atom stereocenters. The lowest BCUT2D eigenvalue weighted by atomic mass is 10.0. The summed E-state index contributed by atoms with van der Waals surface area (Å²) in [5.41, 5.74) is 9.06. The lowest BCUT2D eigenvalue weighted by molar-refractivity contribution is -0.143. The van der Waals surface area contributed by atoms with E-state index in [1.54, 1.807) is 13.8 Å². The third-order valence-corrected chi connectivity index (χ3v) is 3.79. The van der Waals surface area contributed by atoms with Gasteiger partial charge in [-0.3, -0.25) is 4.79 Å². The Kier molecular flexibility index (Phi) is 5.62. The number of rotatable bonds is 5. The maximum absolute atomic E-state index is 14.4. The first kappa shape index (κ1) is 18.0. The molecule has 2 rings (SSSR count). The first-order chi connectivity index (χ1) is 11.3. The number of halogens is 1. The fraction of sp³-hybridized carbons (Fsp3) is 0.389. The molecule has 0 bridgehead atoms. The van der Waals surface area contributed by atoms with Gasteiger partial charge in [-0.2, -0.15) is 0 Å². The molecule has 1 heterocycles. The number of ether oxygens (including phenoxy) is 1. The summed E-state index contributed by atoms with van der Waals surface area (Å²) in [6.07, 6.45) is -0.132. The minimum atomic E-state index is -0.881. The van der Waals surface area contributed by atoms with Gasteiger partial charge in [0.05, 0.1) is 30.5 Å². The van der Waals surface area contributed by atoms with Gasteiger partial charge in [0, 0.05) is 5.56 Å². The van der Waals surface area contributed by atoms with E-state index in [9.17, 15) is 9.18 Å². The molecule has 128 valence electrons. The van der Waals surface area contributed by atoms with Crippen LogP contribution < -0.4 is 5.73 Å². The zero-order chi connectivity index (χ0) is 17.9. The fourth-order valence-corrected chi connectivity index (χ4v) is 2.60. The van der Waals surface area contributed by atoms with Gasteiger partial charge < -0.3 is 10.5 Å². The van der Waals surface area contributed by atoms with Crippen molar-refractivity contribution >= 4 is 5.97 Å². The van der Waals surface area contributed by atoms with Crippen LogP contribution >= 0.6 is 0 Å². The second-order valence-electron chi connectivity index (χ2n) is 5.71. The molecule has 1 aromatic heterocycles. The molecule has 2 aromatic rings. The third-order valence-electron chi connectivity index (χ3n) is 3.79. The highest BCUT2D eigenvalue weighted by atomic mass is 19.1. The Labute approximate surface area is 141 Å². The molecule has 0 saturated carbocycles. The largest absolute Gasteiger partial charge is 0.466 e. The van der Waals surface area contributed by atoms with Crippen LogP contribution in [0.4, 0.5) is 4.39 Å². The van der Waals surface area contributed by atoms with Crippen LogP contribution in [0.25, 0.3) is 11.4 Å². The molecule has 0 fully saturated rings. The molecule has 0 saturated heterocycles. The number of nitrogens with zero attached hydrogens (tertiary/aromatic N) is 2. The number of esters is 1. The van der Waals surface area contributed by atoms with Gasteiger partial charge in [0.25, 0.3) is 0 Å². The van der Waals surface area contributed by atoms with Crippen LogP contribution in [0.3, 0.4) is 0 Å². The number of benzene rings is 1. The molecule has 2 N–H and O–H groups in total. The molecule has 0 aliphatic heterocycles. The van der Waals surface area contributed by atoms with Gasteiger partial charge in [0.2, 0.25) is 0 Å². The Morgan fingerprint density at radius 3 is 2.46 bits per heavy atom. The van der Waals surface area contributed by atoms with E-state index >= 15 is 0 Å². The zero-order valence-electron chi connectivity index (χ0n) is 14.4. The molecular formula is C18H22FN3O2. The quantitative estimate of drug-likeness (QED) is 0.852. The smallest absolute Gasteiger partial charge is 0.307 e. The average molecular weight is 331 g/mol. The van der Waals surface area contributed by atoms with Crippen LogP contribution in [0.1, 0.15) is 41.9 Å². The SMILES string of the molecule is CCOC(=O)CC(N)c1nc(-c2c(C)cccc2C)nc(C)c1F. The van der Waals surface area contributed by atoms with Crippen LogP contribution in [-0.4, -0.2) is 22.5 Å². The Morgan fingerprint density at radius 1 is 1.25 bits per heavy atom. The topological polar surface area (TPSA) is 78.1 Å². The van der Waals surface area contributed by atoms with E-state index in [2.05, 4.69) is 9.97 Å². The Hall–Kier alpha value is -2.34. The minimum Gasteiger partial charge on any atom is -0.466 e. The van der Waals surface area contributed by atoms with Gasteiger partial charge in [-0.15, -0.1) is 0 Å². The summed E-state index contributed by atoms with van der Waals surface area (Å²) in [6.45, 7) is 7.42. The van der Waals surface area contributed by atoms with Crippen LogP contribution in [0.5, 0.6) is 0 Å². The average Bonchev–Trinajstić information content (AvgIpc) is 2.50. The van der Waals surface area contributed by atoms with Gasteiger partial charge in [0.1, 0.15) is 0 Å². The van der Waals surface area contributed by atoms with E-state index in [-0.39, 0.29) is 24.4 Å². The summed E-state index contributed by atoms with van der Waals surface area (Å²) in [7, 11) is 0. The summed E-state index contributed by atoms with van der Waals surface area (Å²) in [5, 5.41) is 0. The van der Waals surface area contributed by atoms with Crippen molar-refractivity contribution in [2.24, 2.45) is 5.73 Å². The second kappa shape index (κ2) is 7.49. The Morgan fingerprint density at radius 2 is 1.88 bits per heavy atom. The molecule has 1 unspecified atom stereocenters. The summed E-state index contributed by atoms with van der Waals surface area (Å²) >= 11 is 0. The van der Waals surface area contributed by atoms with E-state index in [4.69, 9.17) is 10.5 Å². The van der Waals surface area contributed by atoms with Crippen molar-refractivity contribution in [3.63, 3.8) is 0 Å². The van der Waals surface area contributed by atoms with Crippen molar-refractivity contribution < 1.29 is 13.9 Å². The number of aryl methyl sites for hydroxylation is 3. The minimum absolute atomic E-state index is 0.0354. The predicted octanol–water partition coefficient (Wildman–Crippen LogP) is 3.16. The molecule has 5 nitrogen and oxygen atoms in total. The maximum atomic E-state index is 14.4. The van der Waals surface area contributed by atoms with E-state index in [1.165, 1.54) is 0 Å². The van der Waals surface area contributed by atoms with Crippen molar-refractivity contribution in [3.05, 3.63) is 46.5 Å². The summed E-state index contributed by atoms with van der Waals surface area (Å²) < 4.78 is 19.3. The highest BCUT2D eigenvalue weighted by Crippen LogP contribution is 2.27. The number of nitrogens with two attached hydrogens (primary N) is 1. The van der Waals surface area contributed by atoms with Crippen LogP contribution in [0, 0.1) is 26.6 Å². The molecular weight excluding hydrogens is 309 g/mol. The first-order valence-corrected chi connectivity index (χ1v) is 7.87. The number of hydrogen-bond acceptors (Lipinski definition) is 5. The first-order valence-electron chi connectivity index (χ1n) is 7.87. The Bertz CT molecular complexity index is 742. The van der Waals surface area contributed by atoms with Gasteiger partial charge in [-0.25, -0.2) is 14.4 Å². The van der Waals surface area contributed by atoms with E-state index in [0.29, 0.717) is 5.82 Å². The number of hydrogen-bond donors (Lipinski definition) is 1. The molecule has 6 heteroatoms. The van der Waals surface area contributed by atoms with Crippen molar-refractivity contribution in [3.8, 4) is 11.4 Å². The standard InChI is InChI=1S/C18H22FN3O2/c1-5-24-14(23)9-13(20)17-16(19)12(4)21-18(22-17)15-10(2)7-6-8-11(15)3/h6-8,13H,5,9,20H2,1-4H3. The highest BCUT2D eigenvalue weighted by Gasteiger charge is 2.22. The van der Waals surface area contributed by atoms with Crippen molar-refractivity contribution in [1.29, 1.82) is 0 Å². The van der Waals surface area contributed by atoms with Gasteiger partial charge in [-0.1, -0.05) is 18.2 Å². The molecule has 0 aliphatic rings. The lowest BCUT2D eigenvalue weighted by Gasteiger charge is -2.15. The number of carbonyl (C=O) groups is 1. The molecule has 0 radical (unpaired) electrons. The number of aromatic nitrogens is 2. The lowest BCUT2D eigenvalue weighted by Crippen LogP contribution is -2.21. The molecule has 1 aromatic carbocycles. The van der Waals surface area contributed by atoms with E-state index in [1.807, 2.05) is 32.0 Å². The Balaban J connectivity index is 2.47. The second-order valence-corrected chi connectivity index (χ2v) is 5.71. The maximum Gasteiger partial charge on any atom is 0.307 e. The van der Waals surface area contributed by atoms with E-state index in [0.717, 1.165) is 16.7 Å². The molecule has 0 aliphatic carbocycles. The van der Waals surface area contributed by atoms with Gasteiger partial charge >= 0.3 is 5.97 Å². The monoisotopic (exact) mass is 331 g/mol. The van der Waals surface area contributed by atoms with Crippen molar-refractivity contribution in [1.82, 2.24) is 9.97 Å². The summed E-state index contributed by atoms with van der Waals surface area (Å²) in [4.78, 5) is 20.2. The number of carbonyl (C=O) groups excluding carboxylic acids is 1. The van der Waals surface area contributed by atoms with Crippen LogP contribution in [0.15, 0.2) is 18.2 Å². The molecule has 0 spiro atoms. The van der Waals surface area contributed by atoms with Crippen LogP contribution in [0.2, 0.25) is 0 Å². The van der Waals surface area contributed by atoms with Gasteiger partial charge in [0.15, 0.2) is 11.6 Å². The van der Waals surface area contributed by atoms with Crippen molar-refractivity contribution in [2.45, 2.75) is 40.2 Å². The van der Waals surface area contributed by atoms with E-state index < -0.39 is 17.8 Å². The van der Waals surface area contributed by atoms with Gasteiger partial charge in [-0.05, 0) is 38.8 Å². The molecule has 0 amide bonds. The fourth-order valence-electron chi connectivity index (χ4n) is 2.60. The highest BCUT2D eigenvalue weighted by molar-refractivity contribution is 5.70. The van der Waals surface area contributed by atoms with Crippen molar-refractivity contribution in [2.75, 3.05) is 6.61 Å². The third kappa shape index (κ3) is 3.76.